The van der Waals surface area contributed by atoms with Crippen molar-refractivity contribution < 1.29 is 14.3 Å². The van der Waals surface area contributed by atoms with Crippen molar-refractivity contribution in [2.45, 2.75) is 6.10 Å². The van der Waals surface area contributed by atoms with Gasteiger partial charge >= 0.3 is 0 Å². The summed E-state index contributed by atoms with van der Waals surface area (Å²) in [6.07, 6.45) is -0.790. The molecule has 0 saturated carbocycles. The molecule has 1 atom stereocenters. The summed E-state index contributed by atoms with van der Waals surface area (Å²) in [5.41, 5.74) is 0.747. The van der Waals surface area contributed by atoms with Crippen LogP contribution in [0.15, 0.2) is 75.8 Å². The zero-order valence-corrected chi connectivity index (χ0v) is 12.7. The number of hydrogen-bond donors (Lipinski definition) is 1. The summed E-state index contributed by atoms with van der Waals surface area (Å²) in [6.45, 7) is 0. The Kier molecular flexibility index (Phi) is 4.08. The number of rotatable bonds is 4. The van der Waals surface area contributed by atoms with Gasteiger partial charge in [0, 0.05) is 0 Å². The lowest BCUT2D eigenvalue weighted by Gasteiger charge is -2.10. The summed E-state index contributed by atoms with van der Waals surface area (Å²) in [5.74, 6) is 2.00. The normalized spacial score (nSPS) is 12.1. The first-order valence-electron chi connectivity index (χ1n) is 6.48. The molecule has 0 saturated heterocycles. The lowest BCUT2D eigenvalue weighted by Crippen LogP contribution is -1.97. The SMILES string of the molecule is OC(c1ccc(Oc2ccccc2)cc1)c1ccc(Br)o1. The average molecular weight is 345 g/mol. The molecule has 1 N–H and O–H groups in total. The van der Waals surface area contributed by atoms with Crippen LogP contribution in [0.4, 0.5) is 0 Å². The minimum Gasteiger partial charge on any atom is -0.457 e. The first-order valence-corrected chi connectivity index (χ1v) is 7.28. The number of furan rings is 1. The number of ether oxygens (including phenoxy) is 1. The summed E-state index contributed by atoms with van der Waals surface area (Å²) >= 11 is 3.22. The fraction of sp³-hybridized carbons (Fsp3) is 0.0588. The Bertz CT molecular complexity index is 704. The largest absolute Gasteiger partial charge is 0.457 e. The van der Waals surface area contributed by atoms with Crippen LogP contribution in [0.3, 0.4) is 0 Å². The number of hydrogen-bond acceptors (Lipinski definition) is 3. The summed E-state index contributed by atoms with van der Waals surface area (Å²) in [4.78, 5) is 0. The average Bonchev–Trinajstić information content (AvgIpc) is 2.95. The summed E-state index contributed by atoms with van der Waals surface area (Å²) in [7, 11) is 0. The smallest absolute Gasteiger partial charge is 0.169 e. The molecule has 0 bridgehead atoms. The monoisotopic (exact) mass is 344 g/mol. The highest BCUT2D eigenvalue weighted by Crippen LogP contribution is 2.28. The van der Waals surface area contributed by atoms with Crippen molar-refractivity contribution in [3.8, 4) is 11.5 Å². The topological polar surface area (TPSA) is 42.6 Å². The van der Waals surface area contributed by atoms with Crippen molar-refractivity contribution in [3.63, 3.8) is 0 Å². The second-order valence-corrected chi connectivity index (χ2v) is 5.31. The Hall–Kier alpha value is -2.04. The first-order chi connectivity index (χ1) is 10.2. The molecule has 0 aliphatic carbocycles. The zero-order chi connectivity index (χ0) is 14.7. The van der Waals surface area contributed by atoms with Gasteiger partial charge in [-0.2, -0.15) is 0 Å². The van der Waals surface area contributed by atoms with E-state index in [0.29, 0.717) is 10.4 Å². The van der Waals surface area contributed by atoms with Gasteiger partial charge in [0.05, 0.1) is 0 Å². The van der Waals surface area contributed by atoms with E-state index in [0.717, 1.165) is 17.1 Å². The van der Waals surface area contributed by atoms with Gasteiger partial charge < -0.3 is 14.3 Å². The molecule has 0 aliphatic heterocycles. The van der Waals surface area contributed by atoms with Crippen LogP contribution in [0.1, 0.15) is 17.4 Å². The standard InChI is InChI=1S/C17H13BrO3/c18-16-11-10-15(21-16)17(19)12-6-8-14(9-7-12)20-13-4-2-1-3-5-13/h1-11,17,19H. The maximum absolute atomic E-state index is 10.2. The van der Waals surface area contributed by atoms with E-state index in [1.54, 1.807) is 12.1 Å². The molecule has 1 heterocycles. The van der Waals surface area contributed by atoms with Crippen LogP contribution in [0.5, 0.6) is 11.5 Å². The van der Waals surface area contributed by atoms with Crippen molar-refractivity contribution in [2.24, 2.45) is 0 Å². The summed E-state index contributed by atoms with van der Waals surface area (Å²) in [5, 5.41) is 10.2. The van der Waals surface area contributed by atoms with E-state index in [9.17, 15) is 5.11 Å². The molecule has 0 fully saturated rings. The number of halogens is 1. The van der Waals surface area contributed by atoms with Crippen molar-refractivity contribution in [2.75, 3.05) is 0 Å². The Balaban J connectivity index is 1.75. The van der Waals surface area contributed by atoms with E-state index < -0.39 is 6.10 Å². The van der Waals surface area contributed by atoms with Crippen LogP contribution in [-0.4, -0.2) is 5.11 Å². The maximum atomic E-state index is 10.2. The molecular weight excluding hydrogens is 332 g/mol. The van der Waals surface area contributed by atoms with Crippen LogP contribution >= 0.6 is 15.9 Å². The summed E-state index contributed by atoms with van der Waals surface area (Å²) < 4.78 is 11.7. The van der Waals surface area contributed by atoms with E-state index >= 15 is 0 Å². The molecule has 21 heavy (non-hydrogen) atoms. The highest BCUT2D eigenvalue weighted by molar-refractivity contribution is 9.10. The highest BCUT2D eigenvalue weighted by atomic mass is 79.9. The molecule has 4 heteroatoms. The van der Waals surface area contributed by atoms with E-state index in [1.165, 1.54) is 0 Å². The Labute approximate surface area is 130 Å². The Morgan fingerprint density at radius 2 is 1.52 bits per heavy atom. The van der Waals surface area contributed by atoms with Crippen LogP contribution < -0.4 is 4.74 Å². The van der Waals surface area contributed by atoms with Gasteiger partial charge in [0.2, 0.25) is 0 Å². The van der Waals surface area contributed by atoms with Crippen LogP contribution in [-0.2, 0) is 0 Å². The molecule has 0 spiro atoms. The number of aliphatic hydroxyl groups is 1. The van der Waals surface area contributed by atoms with Gasteiger partial charge in [-0.15, -0.1) is 0 Å². The lowest BCUT2D eigenvalue weighted by atomic mass is 10.1. The van der Waals surface area contributed by atoms with Gasteiger partial charge in [-0.3, -0.25) is 0 Å². The van der Waals surface area contributed by atoms with Crippen LogP contribution in [0.25, 0.3) is 0 Å². The van der Waals surface area contributed by atoms with Gasteiger partial charge in [0.25, 0.3) is 0 Å². The molecule has 1 unspecified atom stereocenters. The Morgan fingerprint density at radius 3 is 2.14 bits per heavy atom. The second-order valence-electron chi connectivity index (χ2n) is 4.53. The fourth-order valence-electron chi connectivity index (χ4n) is 1.98. The minimum atomic E-state index is -0.790. The van der Waals surface area contributed by atoms with Gasteiger partial charge in [-0.05, 0) is 57.9 Å². The zero-order valence-electron chi connectivity index (χ0n) is 11.1. The van der Waals surface area contributed by atoms with Gasteiger partial charge in [0.1, 0.15) is 23.4 Å². The number of aliphatic hydroxyl groups excluding tert-OH is 1. The van der Waals surface area contributed by atoms with Gasteiger partial charge in [0.15, 0.2) is 4.67 Å². The summed E-state index contributed by atoms with van der Waals surface area (Å²) in [6, 6.07) is 20.3. The fourth-order valence-corrected chi connectivity index (χ4v) is 2.30. The van der Waals surface area contributed by atoms with E-state index in [-0.39, 0.29) is 0 Å². The molecule has 1 aromatic heterocycles. The third-order valence-corrected chi connectivity index (χ3v) is 3.46. The van der Waals surface area contributed by atoms with Gasteiger partial charge in [-0.1, -0.05) is 30.3 Å². The predicted octanol–water partition coefficient (Wildman–Crippen LogP) is 4.92. The van der Waals surface area contributed by atoms with Crippen molar-refractivity contribution in [1.29, 1.82) is 0 Å². The molecule has 0 amide bonds. The van der Waals surface area contributed by atoms with E-state index in [1.807, 2.05) is 54.6 Å². The Morgan fingerprint density at radius 1 is 0.857 bits per heavy atom. The quantitative estimate of drug-likeness (QED) is 0.730. The van der Waals surface area contributed by atoms with Crippen molar-refractivity contribution in [1.82, 2.24) is 0 Å². The highest BCUT2D eigenvalue weighted by Gasteiger charge is 2.14. The van der Waals surface area contributed by atoms with Crippen LogP contribution in [0.2, 0.25) is 0 Å². The van der Waals surface area contributed by atoms with E-state index in [4.69, 9.17) is 9.15 Å². The third-order valence-electron chi connectivity index (χ3n) is 3.04. The predicted molar refractivity (Wildman–Crippen MR) is 83.4 cm³/mol. The minimum absolute atomic E-state index is 0.499. The van der Waals surface area contributed by atoms with Crippen LogP contribution in [0, 0.1) is 0 Å². The number of benzene rings is 2. The van der Waals surface area contributed by atoms with Crippen molar-refractivity contribution in [3.05, 3.63) is 82.7 Å². The van der Waals surface area contributed by atoms with E-state index in [2.05, 4.69) is 15.9 Å². The van der Waals surface area contributed by atoms with Crippen molar-refractivity contribution >= 4 is 15.9 Å². The third kappa shape index (κ3) is 3.35. The second kappa shape index (κ2) is 6.16. The molecule has 0 aliphatic rings. The molecule has 3 aromatic rings. The first kappa shape index (κ1) is 13.9. The maximum Gasteiger partial charge on any atom is 0.169 e. The molecular formula is C17H13BrO3. The number of para-hydroxylation sites is 1. The molecule has 0 radical (unpaired) electrons. The molecule has 106 valence electrons. The molecule has 3 nitrogen and oxygen atoms in total. The lowest BCUT2D eigenvalue weighted by molar-refractivity contribution is 0.187. The molecule has 2 aromatic carbocycles. The molecule has 3 rings (SSSR count). The van der Waals surface area contributed by atoms with Gasteiger partial charge in [-0.25, -0.2) is 0 Å².